The van der Waals surface area contributed by atoms with Gasteiger partial charge in [-0.25, -0.2) is 4.98 Å². The Morgan fingerprint density at radius 1 is 1.53 bits per heavy atom. The second-order valence-corrected chi connectivity index (χ2v) is 6.09. The Labute approximate surface area is 109 Å². The normalized spacial score (nSPS) is 12.8. The van der Waals surface area contributed by atoms with Crippen LogP contribution in [0.3, 0.4) is 0 Å². The monoisotopic (exact) mass is 268 g/mol. The molecule has 2 aromatic heterocycles. The maximum atomic E-state index is 8.91. The minimum absolute atomic E-state index is 0.232. The number of thiazole rings is 1. The van der Waals surface area contributed by atoms with Crippen LogP contribution in [0.1, 0.15) is 11.8 Å². The lowest BCUT2D eigenvalue weighted by Gasteiger charge is -2.07. The minimum Gasteiger partial charge on any atom is -0.396 e. The highest BCUT2D eigenvalue weighted by Gasteiger charge is 2.05. The van der Waals surface area contributed by atoms with E-state index < -0.39 is 0 Å². The van der Waals surface area contributed by atoms with Crippen LogP contribution in [-0.4, -0.2) is 23.2 Å². The van der Waals surface area contributed by atoms with Crippen LogP contribution in [0, 0.1) is 5.92 Å². The van der Waals surface area contributed by atoms with Crippen molar-refractivity contribution in [1.29, 1.82) is 0 Å². The van der Waals surface area contributed by atoms with E-state index in [1.807, 2.05) is 19.2 Å². The average Bonchev–Trinajstić information content (AvgIpc) is 2.98. The summed E-state index contributed by atoms with van der Waals surface area (Å²) in [7, 11) is 0. The molecule has 0 radical (unpaired) electrons. The highest BCUT2D eigenvalue weighted by atomic mass is 32.1. The average molecular weight is 268 g/mol. The third-order valence-electron chi connectivity index (χ3n) is 2.39. The standard InChI is InChI=1S/C12H16N2OS2/c1-9(8-15)5-13-6-10-7-14-12(17-10)11-3-2-4-16-11/h2-4,7,9,13,15H,5-6,8H2,1H3. The molecule has 0 aliphatic rings. The predicted octanol–water partition coefficient (Wildman–Crippen LogP) is 2.59. The minimum atomic E-state index is 0.232. The van der Waals surface area contributed by atoms with Gasteiger partial charge in [-0.3, -0.25) is 0 Å². The molecule has 0 aliphatic heterocycles. The molecule has 0 saturated carbocycles. The van der Waals surface area contributed by atoms with Crippen molar-refractivity contribution < 1.29 is 5.11 Å². The zero-order valence-corrected chi connectivity index (χ0v) is 11.4. The summed E-state index contributed by atoms with van der Waals surface area (Å²) >= 11 is 3.44. The van der Waals surface area contributed by atoms with E-state index in [0.717, 1.165) is 18.1 Å². The topological polar surface area (TPSA) is 45.1 Å². The Kier molecular flexibility index (Phi) is 4.67. The molecule has 0 spiro atoms. The van der Waals surface area contributed by atoms with E-state index in [9.17, 15) is 0 Å². The van der Waals surface area contributed by atoms with Gasteiger partial charge < -0.3 is 10.4 Å². The lowest BCUT2D eigenvalue weighted by Crippen LogP contribution is -2.22. The summed E-state index contributed by atoms with van der Waals surface area (Å²) in [5.41, 5.74) is 0. The highest BCUT2D eigenvalue weighted by molar-refractivity contribution is 7.20. The second kappa shape index (κ2) is 6.26. The highest BCUT2D eigenvalue weighted by Crippen LogP contribution is 2.28. The van der Waals surface area contributed by atoms with Crippen molar-refractivity contribution in [3.8, 4) is 9.88 Å². The molecule has 5 heteroatoms. The zero-order chi connectivity index (χ0) is 12.1. The third-order valence-corrected chi connectivity index (χ3v) is 4.43. The number of aliphatic hydroxyl groups excluding tert-OH is 1. The number of hydrogen-bond acceptors (Lipinski definition) is 5. The van der Waals surface area contributed by atoms with Crippen molar-refractivity contribution >= 4 is 22.7 Å². The van der Waals surface area contributed by atoms with Gasteiger partial charge in [0.1, 0.15) is 5.01 Å². The van der Waals surface area contributed by atoms with Crippen molar-refractivity contribution in [3.63, 3.8) is 0 Å². The summed E-state index contributed by atoms with van der Waals surface area (Å²) in [6.07, 6.45) is 1.93. The van der Waals surface area contributed by atoms with Crippen LogP contribution in [-0.2, 0) is 6.54 Å². The van der Waals surface area contributed by atoms with Crippen molar-refractivity contribution in [3.05, 3.63) is 28.6 Å². The zero-order valence-electron chi connectivity index (χ0n) is 9.72. The van der Waals surface area contributed by atoms with E-state index in [2.05, 4.69) is 21.7 Å². The Morgan fingerprint density at radius 2 is 2.41 bits per heavy atom. The summed E-state index contributed by atoms with van der Waals surface area (Å²) in [5, 5.41) is 15.4. The molecule has 17 heavy (non-hydrogen) atoms. The predicted molar refractivity (Wildman–Crippen MR) is 73.4 cm³/mol. The van der Waals surface area contributed by atoms with Crippen LogP contribution in [0.4, 0.5) is 0 Å². The molecule has 92 valence electrons. The van der Waals surface area contributed by atoms with Crippen LogP contribution in [0.5, 0.6) is 0 Å². The van der Waals surface area contributed by atoms with Gasteiger partial charge in [-0.05, 0) is 17.4 Å². The number of hydrogen-bond donors (Lipinski definition) is 2. The molecular formula is C12H16N2OS2. The van der Waals surface area contributed by atoms with E-state index in [0.29, 0.717) is 5.92 Å². The fourth-order valence-corrected chi connectivity index (χ4v) is 3.10. The first-order valence-corrected chi connectivity index (χ1v) is 7.29. The molecule has 2 rings (SSSR count). The molecule has 2 heterocycles. The van der Waals surface area contributed by atoms with Gasteiger partial charge in [-0.15, -0.1) is 22.7 Å². The number of rotatable bonds is 6. The second-order valence-electron chi connectivity index (χ2n) is 4.03. The quantitative estimate of drug-likeness (QED) is 0.846. The lowest BCUT2D eigenvalue weighted by atomic mass is 10.2. The summed E-state index contributed by atoms with van der Waals surface area (Å²) in [6, 6.07) is 4.14. The fraction of sp³-hybridized carbons (Fsp3) is 0.417. The van der Waals surface area contributed by atoms with Crippen molar-refractivity contribution in [1.82, 2.24) is 10.3 Å². The number of nitrogens with zero attached hydrogens (tertiary/aromatic N) is 1. The Bertz CT molecular complexity index is 439. The van der Waals surface area contributed by atoms with E-state index >= 15 is 0 Å². The van der Waals surface area contributed by atoms with E-state index in [1.54, 1.807) is 22.7 Å². The van der Waals surface area contributed by atoms with Crippen molar-refractivity contribution in [2.24, 2.45) is 5.92 Å². The summed E-state index contributed by atoms with van der Waals surface area (Å²) < 4.78 is 0. The number of nitrogens with one attached hydrogen (secondary N) is 1. The Morgan fingerprint density at radius 3 is 3.12 bits per heavy atom. The largest absolute Gasteiger partial charge is 0.396 e. The van der Waals surface area contributed by atoms with Crippen LogP contribution in [0.25, 0.3) is 9.88 Å². The van der Waals surface area contributed by atoms with Crippen LogP contribution >= 0.6 is 22.7 Å². The Hall–Kier alpha value is -0.750. The van der Waals surface area contributed by atoms with Crippen molar-refractivity contribution in [2.75, 3.05) is 13.2 Å². The van der Waals surface area contributed by atoms with Gasteiger partial charge in [0.15, 0.2) is 0 Å². The molecule has 0 aliphatic carbocycles. The smallest absolute Gasteiger partial charge is 0.133 e. The summed E-state index contributed by atoms with van der Waals surface area (Å²) in [6.45, 7) is 3.92. The molecular weight excluding hydrogens is 252 g/mol. The van der Waals surface area contributed by atoms with Gasteiger partial charge in [0.2, 0.25) is 0 Å². The van der Waals surface area contributed by atoms with Gasteiger partial charge in [0, 0.05) is 30.8 Å². The van der Waals surface area contributed by atoms with Crippen LogP contribution in [0.2, 0.25) is 0 Å². The van der Waals surface area contributed by atoms with E-state index in [1.165, 1.54) is 9.75 Å². The maximum absolute atomic E-state index is 8.91. The first-order chi connectivity index (χ1) is 8.29. The molecule has 1 unspecified atom stereocenters. The van der Waals surface area contributed by atoms with Gasteiger partial charge >= 0.3 is 0 Å². The van der Waals surface area contributed by atoms with E-state index in [4.69, 9.17) is 5.11 Å². The number of aliphatic hydroxyl groups is 1. The van der Waals surface area contributed by atoms with Crippen LogP contribution < -0.4 is 5.32 Å². The van der Waals surface area contributed by atoms with Crippen molar-refractivity contribution in [2.45, 2.75) is 13.5 Å². The van der Waals surface area contributed by atoms with Crippen LogP contribution in [0.15, 0.2) is 23.7 Å². The lowest BCUT2D eigenvalue weighted by molar-refractivity contribution is 0.233. The summed E-state index contributed by atoms with van der Waals surface area (Å²) in [4.78, 5) is 6.88. The molecule has 0 bridgehead atoms. The molecule has 0 aromatic carbocycles. The fourth-order valence-electron chi connectivity index (χ4n) is 1.41. The third kappa shape index (κ3) is 3.61. The molecule has 0 fully saturated rings. The van der Waals surface area contributed by atoms with Gasteiger partial charge in [-0.2, -0.15) is 0 Å². The molecule has 2 aromatic rings. The molecule has 0 saturated heterocycles. The Balaban J connectivity index is 1.87. The number of thiophene rings is 1. The first kappa shape index (κ1) is 12.7. The van der Waals surface area contributed by atoms with Gasteiger partial charge in [-0.1, -0.05) is 13.0 Å². The molecule has 3 nitrogen and oxygen atoms in total. The SMILES string of the molecule is CC(CO)CNCc1cnc(-c2cccs2)s1. The van der Waals surface area contributed by atoms with Gasteiger partial charge in [0.05, 0.1) is 4.88 Å². The van der Waals surface area contributed by atoms with E-state index in [-0.39, 0.29) is 6.61 Å². The molecule has 1 atom stereocenters. The molecule has 2 N–H and O–H groups in total. The molecule has 0 amide bonds. The number of aromatic nitrogens is 1. The van der Waals surface area contributed by atoms with Gasteiger partial charge in [0.25, 0.3) is 0 Å². The first-order valence-electron chi connectivity index (χ1n) is 5.59. The maximum Gasteiger partial charge on any atom is 0.133 e. The summed E-state index contributed by atoms with van der Waals surface area (Å²) in [5.74, 6) is 0.305.